The summed E-state index contributed by atoms with van der Waals surface area (Å²) < 4.78 is 0. The van der Waals surface area contributed by atoms with Gasteiger partial charge in [0.05, 0.1) is 11.8 Å². The molecule has 1 saturated heterocycles. The van der Waals surface area contributed by atoms with Crippen molar-refractivity contribution in [2.75, 3.05) is 0 Å². The number of rotatable bonds is 5. The van der Waals surface area contributed by atoms with Crippen LogP contribution in [0.5, 0.6) is 0 Å². The summed E-state index contributed by atoms with van der Waals surface area (Å²) in [7, 11) is 0. The predicted octanol–water partition coefficient (Wildman–Crippen LogP) is 4.31. The molecule has 0 aromatic heterocycles. The van der Waals surface area contributed by atoms with E-state index in [0.29, 0.717) is 23.4 Å². The fourth-order valence-corrected chi connectivity index (χ4v) is 4.48. The summed E-state index contributed by atoms with van der Waals surface area (Å²) >= 11 is 5.96. The van der Waals surface area contributed by atoms with Gasteiger partial charge in [0.25, 0.3) is 17.7 Å². The third-order valence-electron chi connectivity index (χ3n) is 6.12. The van der Waals surface area contributed by atoms with E-state index in [1.165, 1.54) is 19.1 Å². The molecule has 6 nitrogen and oxygen atoms in total. The maximum Gasteiger partial charge on any atom is 0.273 e. The van der Waals surface area contributed by atoms with Crippen molar-refractivity contribution in [3.05, 3.63) is 82.4 Å². The number of hydrazine groups is 1. The standard InChI is InChI=1S/C25H23ClN2O4/c1-15-8-13-20-21(14-15)25(32)28(24(20)31)27(23(30)18-9-11-19(26)12-10-18)16(2)22(29)17-6-4-3-5-7-17/h3-12,16,20-21H,13-14H2,1-2H3/t16-,20-,21+/m0/s1. The van der Waals surface area contributed by atoms with Crippen LogP contribution in [0.4, 0.5) is 0 Å². The van der Waals surface area contributed by atoms with Crippen LogP contribution in [0.15, 0.2) is 66.2 Å². The summed E-state index contributed by atoms with van der Waals surface area (Å²) in [6.07, 6.45) is 2.87. The molecular formula is C25H23ClN2O4. The molecule has 1 heterocycles. The predicted molar refractivity (Wildman–Crippen MR) is 120 cm³/mol. The number of fused-ring (bicyclic) bond motifs is 1. The molecule has 1 aliphatic heterocycles. The molecule has 2 aliphatic rings. The second kappa shape index (κ2) is 8.71. The lowest BCUT2D eigenvalue weighted by atomic mass is 9.82. The Balaban J connectivity index is 1.75. The highest BCUT2D eigenvalue weighted by Gasteiger charge is 2.53. The Kier molecular flexibility index (Phi) is 5.98. The van der Waals surface area contributed by atoms with Gasteiger partial charge in [0, 0.05) is 16.1 Å². The van der Waals surface area contributed by atoms with E-state index in [2.05, 4.69) is 0 Å². The lowest BCUT2D eigenvalue weighted by molar-refractivity contribution is -0.156. The summed E-state index contributed by atoms with van der Waals surface area (Å²) in [4.78, 5) is 53.4. The number of amides is 3. The molecule has 1 aliphatic carbocycles. The number of hydrogen-bond acceptors (Lipinski definition) is 4. The molecular weight excluding hydrogens is 428 g/mol. The van der Waals surface area contributed by atoms with Crippen molar-refractivity contribution in [2.24, 2.45) is 11.8 Å². The van der Waals surface area contributed by atoms with E-state index in [-0.39, 0.29) is 11.3 Å². The van der Waals surface area contributed by atoms with Gasteiger partial charge in [0.1, 0.15) is 6.04 Å². The second-order valence-electron chi connectivity index (χ2n) is 8.25. The summed E-state index contributed by atoms with van der Waals surface area (Å²) in [6.45, 7) is 3.46. The minimum atomic E-state index is -1.07. The van der Waals surface area contributed by atoms with Gasteiger partial charge < -0.3 is 0 Å². The zero-order chi connectivity index (χ0) is 23.0. The summed E-state index contributed by atoms with van der Waals surface area (Å²) in [6, 6.07) is 13.6. The van der Waals surface area contributed by atoms with Gasteiger partial charge in [-0.25, -0.2) is 5.01 Å². The molecule has 32 heavy (non-hydrogen) atoms. The zero-order valence-electron chi connectivity index (χ0n) is 17.8. The van der Waals surface area contributed by atoms with Crippen LogP contribution < -0.4 is 0 Å². The summed E-state index contributed by atoms with van der Waals surface area (Å²) in [5, 5.41) is 2.38. The molecule has 0 N–H and O–H groups in total. The first-order valence-corrected chi connectivity index (χ1v) is 10.9. The Morgan fingerprint density at radius 3 is 2.25 bits per heavy atom. The van der Waals surface area contributed by atoms with Crippen LogP contribution in [0.3, 0.4) is 0 Å². The Hall–Kier alpha value is -3.25. The minimum absolute atomic E-state index is 0.229. The first-order valence-electron chi connectivity index (χ1n) is 10.5. The van der Waals surface area contributed by atoms with Crippen LogP contribution in [0, 0.1) is 11.8 Å². The van der Waals surface area contributed by atoms with Crippen LogP contribution in [0.2, 0.25) is 5.02 Å². The highest BCUT2D eigenvalue weighted by Crippen LogP contribution is 2.39. The first-order chi connectivity index (χ1) is 15.3. The molecule has 2 aromatic rings. The lowest BCUT2D eigenvalue weighted by Crippen LogP contribution is -2.56. The van der Waals surface area contributed by atoms with Gasteiger partial charge in [-0.3, -0.25) is 19.2 Å². The molecule has 2 aromatic carbocycles. The van der Waals surface area contributed by atoms with Crippen LogP contribution >= 0.6 is 11.6 Å². The molecule has 0 bridgehead atoms. The maximum atomic E-state index is 13.6. The fourth-order valence-electron chi connectivity index (χ4n) is 4.35. The average molecular weight is 451 g/mol. The number of carbonyl (C=O) groups excluding carboxylic acids is 4. The third kappa shape index (κ3) is 3.86. The van der Waals surface area contributed by atoms with Crippen molar-refractivity contribution in [2.45, 2.75) is 32.7 Å². The van der Waals surface area contributed by atoms with Gasteiger partial charge in [0.15, 0.2) is 5.78 Å². The van der Waals surface area contributed by atoms with Gasteiger partial charge >= 0.3 is 0 Å². The monoisotopic (exact) mass is 450 g/mol. The van der Waals surface area contributed by atoms with Crippen molar-refractivity contribution in [1.82, 2.24) is 10.0 Å². The highest BCUT2D eigenvalue weighted by molar-refractivity contribution is 6.30. The largest absolute Gasteiger partial charge is 0.292 e. The van der Waals surface area contributed by atoms with Crippen LogP contribution in [-0.2, 0) is 9.59 Å². The molecule has 0 spiro atoms. The maximum absolute atomic E-state index is 13.6. The summed E-state index contributed by atoms with van der Waals surface area (Å²) in [5.74, 6) is -2.90. The smallest absolute Gasteiger partial charge is 0.273 e. The van der Waals surface area contributed by atoms with E-state index < -0.39 is 35.6 Å². The molecule has 1 fully saturated rings. The van der Waals surface area contributed by atoms with Crippen molar-refractivity contribution >= 4 is 35.1 Å². The second-order valence-corrected chi connectivity index (χ2v) is 8.69. The Bertz CT molecular complexity index is 1110. The van der Waals surface area contributed by atoms with E-state index in [4.69, 9.17) is 11.6 Å². The van der Waals surface area contributed by atoms with Crippen LogP contribution in [-0.4, -0.2) is 39.6 Å². The van der Waals surface area contributed by atoms with Gasteiger partial charge in [-0.2, -0.15) is 5.01 Å². The van der Waals surface area contributed by atoms with Gasteiger partial charge in [-0.05, 0) is 51.0 Å². The van der Waals surface area contributed by atoms with E-state index >= 15 is 0 Å². The van der Waals surface area contributed by atoms with Gasteiger partial charge in [0.2, 0.25) is 0 Å². The number of nitrogens with zero attached hydrogens (tertiary/aromatic N) is 2. The summed E-state index contributed by atoms with van der Waals surface area (Å²) in [5.41, 5.74) is 1.66. The normalized spacial score (nSPS) is 21.1. The van der Waals surface area contributed by atoms with E-state index in [1.54, 1.807) is 42.5 Å². The van der Waals surface area contributed by atoms with E-state index in [9.17, 15) is 19.2 Å². The number of imide groups is 1. The quantitative estimate of drug-likeness (QED) is 0.386. The number of ketones is 1. The van der Waals surface area contributed by atoms with Crippen LogP contribution in [0.25, 0.3) is 0 Å². The fraction of sp³-hybridized carbons (Fsp3) is 0.280. The molecule has 0 radical (unpaired) electrons. The molecule has 0 saturated carbocycles. The molecule has 3 amide bonds. The molecule has 3 atom stereocenters. The van der Waals surface area contributed by atoms with Crippen molar-refractivity contribution in [3.8, 4) is 0 Å². The van der Waals surface area contributed by atoms with Crippen molar-refractivity contribution < 1.29 is 19.2 Å². The third-order valence-corrected chi connectivity index (χ3v) is 6.37. The van der Waals surface area contributed by atoms with Crippen LogP contribution in [0.1, 0.15) is 47.4 Å². The number of Topliss-reactive ketones (excluding diaryl/α,β-unsaturated/α-hetero) is 1. The topological polar surface area (TPSA) is 74.8 Å². The Labute approximate surface area is 191 Å². The first kappa shape index (κ1) is 22.0. The molecule has 4 rings (SSSR count). The van der Waals surface area contributed by atoms with Gasteiger partial charge in [-0.1, -0.05) is 53.6 Å². The number of halogens is 1. The number of hydrogen-bond donors (Lipinski definition) is 0. The zero-order valence-corrected chi connectivity index (χ0v) is 18.6. The minimum Gasteiger partial charge on any atom is -0.292 e. The average Bonchev–Trinajstić information content (AvgIpc) is 3.04. The van der Waals surface area contributed by atoms with E-state index in [1.807, 2.05) is 13.0 Å². The lowest BCUT2D eigenvalue weighted by Gasteiger charge is -2.34. The van der Waals surface area contributed by atoms with E-state index in [0.717, 1.165) is 15.6 Å². The Morgan fingerprint density at radius 1 is 0.969 bits per heavy atom. The number of benzene rings is 2. The van der Waals surface area contributed by atoms with Gasteiger partial charge in [-0.15, -0.1) is 0 Å². The molecule has 0 unspecified atom stereocenters. The Morgan fingerprint density at radius 2 is 1.59 bits per heavy atom. The molecule has 164 valence electrons. The van der Waals surface area contributed by atoms with Crippen molar-refractivity contribution in [1.29, 1.82) is 0 Å². The number of allylic oxidation sites excluding steroid dienone is 2. The van der Waals surface area contributed by atoms with Crippen molar-refractivity contribution in [3.63, 3.8) is 0 Å². The molecule has 7 heteroatoms. The highest BCUT2D eigenvalue weighted by atomic mass is 35.5. The SMILES string of the molecule is CC1=CC[C@@H]2C(=O)N(N(C(=O)c3ccc(Cl)cc3)[C@@H](C)C(=O)c3ccccc3)C(=O)[C@@H]2C1. The number of carbonyl (C=O) groups is 4.